The Morgan fingerprint density at radius 2 is 1.35 bits per heavy atom. The minimum Gasteiger partial charge on any atom is -0.507 e. The van der Waals surface area contributed by atoms with Gasteiger partial charge in [0, 0.05) is 24.3 Å². The van der Waals surface area contributed by atoms with Crippen LogP contribution in [0.2, 0.25) is 0 Å². The Labute approximate surface area is 322 Å². The molecule has 0 radical (unpaired) electrons. The Kier molecular flexibility index (Phi) is 12.1. The van der Waals surface area contributed by atoms with Gasteiger partial charge in [-0.3, -0.25) is 9.11 Å². The highest BCUT2D eigenvalue weighted by Crippen LogP contribution is 2.48. The summed E-state index contributed by atoms with van der Waals surface area (Å²) in [5.74, 6) is -5.05. The Balaban J connectivity index is 1.53. The maximum atomic E-state index is 12.3. The number of aromatic hydroxyl groups is 4. The van der Waals surface area contributed by atoms with Crippen LogP contribution in [0.15, 0.2) is 100.0 Å². The van der Waals surface area contributed by atoms with Crippen LogP contribution in [-0.4, -0.2) is 81.9 Å². The molecule has 27 heteroatoms. The molecule has 4 aromatic carbocycles. The molecule has 24 nitrogen and oxygen atoms in total. The second-order valence-electron chi connectivity index (χ2n) is 10.7. The number of nitrogens with zero attached hydrogens (tertiary/aromatic N) is 7. The fraction of sp³-hybridized carbons (Fsp3) is 0.0667. The number of phenols is 2. The van der Waals surface area contributed by atoms with Gasteiger partial charge in [0.25, 0.3) is 20.2 Å². The molecule has 0 unspecified atom stereocenters. The lowest BCUT2D eigenvalue weighted by Gasteiger charge is -2.12. The highest BCUT2D eigenvalue weighted by molar-refractivity contribution is 7.94. The van der Waals surface area contributed by atoms with Crippen molar-refractivity contribution in [2.24, 2.45) is 30.7 Å². The van der Waals surface area contributed by atoms with Gasteiger partial charge < -0.3 is 35.0 Å². The van der Waals surface area contributed by atoms with Gasteiger partial charge in [0.1, 0.15) is 44.9 Å². The van der Waals surface area contributed by atoms with Gasteiger partial charge in [0.2, 0.25) is 11.8 Å². The van der Waals surface area contributed by atoms with E-state index in [1.807, 2.05) is 0 Å². The smallest absolute Gasteiger partial charge is 0.338 e. The molecule has 0 aliphatic rings. The average molecular weight is 850 g/mol. The molecule has 57 heavy (non-hydrogen) atoms. The molecule has 1 heterocycles. The molecule has 0 atom stereocenters. The number of carboxylic acid groups (broad SMARTS) is 1. The van der Waals surface area contributed by atoms with Gasteiger partial charge in [-0.15, -0.1) is 29.9 Å². The van der Waals surface area contributed by atoms with E-state index in [9.17, 15) is 56.3 Å². The predicted molar refractivity (Wildman–Crippen MR) is 191 cm³/mol. The van der Waals surface area contributed by atoms with E-state index < -0.39 is 81.9 Å². The van der Waals surface area contributed by atoms with Crippen molar-refractivity contribution >= 4 is 83.1 Å². The molecule has 0 aliphatic heterocycles. The third-order valence-electron chi connectivity index (χ3n) is 7.24. The molecule has 0 fully saturated rings. The Morgan fingerprint density at radius 3 is 1.93 bits per heavy atom. The number of phenolic OH excluding ortho intramolecular Hbond substituents is 2. The number of aromatic carboxylic acids is 1. The fourth-order valence-electron chi connectivity index (χ4n) is 4.77. The van der Waals surface area contributed by atoms with Crippen LogP contribution < -0.4 is 9.47 Å². The first-order valence-corrected chi connectivity index (χ1v) is 18.4. The van der Waals surface area contributed by atoms with Gasteiger partial charge in [-0.2, -0.15) is 26.9 Å². The first-order valence-electron chi connectivity index (χ1n) is 14.8. The summed E-state index contributed by atoms with van der Waals surface area (Å²) in [4.78, 5) is 13.1. The molecule has 0 bridgehead atoms. The Bertz CT molecular complexity index is 2750. The lowest BCUT2D eigenvalue weighted by atomic mass is 10.1. The fourth-order valence-corrected chi connectivity index (χ4v) is 6.44. The van der Waals surface area contributed by atoms with E-state index in [1.54, 1.807) is 0 Å². The van der Waals surface area contributed by atoms with Crippen molar-refractivity contribution in [3.05, 3.63) is 60.2 Å². The maximum absolute atomic E-state index is 12.3. The van der Waals surface area contributed by atoms with Crippen molar-refractivity contribution in [2.75, 3.05) is 14.2 Å². The summed E-state index contributed by atoms with van der Waals surface area (Å²) in [5, 5.41) is 85.5. The largest absolute Gasteiger partial charge is 0.507 e. The van der Waals surface area contributed by atoms with Gasteiger partial charge in [0.15, 0.2) is 11.4 Å². The zero-order valence-electron chi connectivity index (χ0n) is 28.3. The lowest BCUT2D eigenvalue weighted by Crippen LogP contribution is -1.98. The number of carboxylic acids is 1. The van der Waals surface area contributed by atoms with Gasteiger partial charge in [0.05, 0.1) is 52.7 Å². The zero-order valence-corrected chi connectivity index (χ0v) is 30.8. The van der Waals surface area contributed by atoms with Crippen molar-refractivity contribution in [3.8, 4) is 34.8 Å². The number of hydrogen-bond donors (Lipinski definition) is 8. The Hall–Kier alpha value is -6.59. The molecule has 0 spiro atoms. The first-order chi connectivity index (χ1) is 26.9. The van der Waals surface area contributed by atoms with E-state index >= 15 is 0 Å². The molecular weight excluding hydrogens is 827 g/mol. The van der Waals surface area contributed by atoms with E-state index in [-0.39, 0.29) is 56.3 Å². The van der Waals surface area contributed by atoms with Crippen LogP contribution in [0, 0.1) is 0 Å². The monoisotopic (exact) mass is 849 g/mol. The molecule has 0 saturated carbocycles. The van der Waals surface area contributed by atoms with Crippen LogP contribution >= 0.6 is 12.0 Å². The van der Waals surface area contributed by atoms with Crippen LogP contribution in [0.1, 0.15) is 10.4 Å². The molecule has 8 N–H and O–H groups in total. The number of ether oxygens (including phenoxy) is 2. The van der Waals surface area contributed by atoms with Crippen molar-refractivity contribution in [2.45, 2.75) is 14.7 Å². The van der Waals surface area contributed by atoms with Crippen molar-refractivity contribution in [3.63, 3.8) is 0 Å². The minimum absolute atomic E-state index is 0.0583. The highest BCUT2D eigenvalue weighted by Gasteiger charge is 2.23. The number of azo groups is 3. The normalized spacial score (nSPS) is 12.3. The van der Waals surface area contributed by atoms with Gasteiger partial charge >= 0.3 is 5.97 Å². The van der Waals surface area contributed by atoms with Gasteiger partial charge in [-0.1, -0.05) is 5.04 Å². The lowest BCUT2D eigenvalue weighted by molar-refractivity contribution is -0.432. The number of benzene rings is 4. The van der Waals surface area contributed by atoms with E-state index in [2.05, 4.69) is 45.0 Å². The van der Waals surface area contributed by atoms with E-state index in [0.29, 0.717) is 12.1 Å². The second kappa shape index (κ2) is 16.6. The summed E-state index contributed by atoms with van der Waals surface area (Å²) in [6.45, 7) is 0. The molecule has 0 aliphatic carbocycles. The summed E-state index contributed by atoms with van der Waals surface area (Å²) in [6.07, 6.45) is 0. The minimum atomic E-state index is -5.02. The van der Waals surface area contributed by atoms with E-state index in [0.717, 1.165) is 30.3 Å². The van der Waals surface area contributed by atoms with Crippen LogP contribution in [0.5, 0.6) is 34.8 Å². The number of aromatic nitrogens is 1. The topological polar surface area (TPSA) is 371 Å². The summed E-state index contributed by atoms with van der Waals surface area (Å²) in [5.41, 5.74) is -2.62. The number of hydrogen-bond acceptors (Lipinski definition) is 22. The molecule has 298 valence electrons. The number of carbonyl (C=O) groups is 1. The molecule has 1 aromatic heterocycles. The summed E-state index contributed by atoms with van der Waals surface area (Å²) >= 11 is 0.286. The molecular formula is C30H23N7O17S3. The van der Waals surface area contributed by atoms with Gasteiger partial charge in [-0.25, -0.2) is 10.1 Å². The van der Waals surface area contributed by atoms with E-state index in [4.69, 9.17) is 14.7 Å². The molecule has 5 rings (SSSR count). The van der Waals surface area contributed by atoms with Crippen molar-refractivity contribution < 1.29 is 80.4 Å². The van der Waals surface area contributed by atoms with Crippen LogP contribution in [0.4, 0.5) is 34.1 Å². The predicted octanol–water partition coefficient (Wildman–Crippen LogP) is 6.94. The summed E-state index contributed by atoms with van der Waals surface area (Å²) < 4.78 is 82.5. The molecule has 0 saturated heterocycles. The standard InChI is InChI=1S/C30H23N7O17S3/c1-51-20-11-18(35-37-27-22(55-54-53-44)6-12-5-14(56(45,46)47)8-19(38)25(12)28(27)40)21(52-2)10-17(20)34-33-16-4-3-13(7-23(16)57(48,49)50)32-36-26-15(30(42)43)9-24(39)31-29(26)41/h3-11,38,40,44H,1-2H3,(H,42,43)(H2,31,39,41)(H,45,46,47)(H,48,49,50)/b34-33+,36-32+,37-35+. The van der Waals surface area contributed by atoms with Crippen LogP contribution in [-0.2, 0) is 29.6 Å². The summed E-state index contributed by atoms with van der Waals surface area (Å²) in [7, 11) is -7.35. The molecule has 5 aromatic rings. The summed E-state index contributed by atoms with van der Waals surface area (Å²) in [6, 6.07) is 8.93. The van der Waals surface area contributed by atoms with E-state index in [1.165, 1.54) is 26.4 Å². The van der Waals surface area contributed by atoms with Crippen molar-refractivity contribution in [1.82, 2.24) is 4.98 Å². The number of fused-ring (bicyclic) bond motifs is 1. The van der Waals surface area contributed by atoms with Crippen LogP contribution in [0.3, 0.4) is 0 Å². The third kappa shape index (κ3) is 9.28. The number of pyridine rings is 1. The third-order valence-corrected chi connectivity index (χ3v) is 9.57. The molecule has 0 amide bonds. The first kappa shape index (κ1) is 41.6. The van der Waals surface area contributed by atoms with Crippen LogP contribution in [0.25, 0.3) is 10.8 Å². The average Bonchev–Trinajstić information content (AvgIpc) is 3.14. The Morgan fingerprint density at radius 1 is 0.737 bits per heavy atom. The maximum Gasteiger partial charge on any atom is 0.338 e. The number of rotatable bonds is 14. The zero-order chi connectivity index (χ0) is 41.8. The van der Waals surface area contributed by atoms with Crippen molar-refractivity contribution in [1.29, 1.82) is 0 Å². The highest BCUT2D eigenvalue weighted by atomic mass is 32.2. The SMILES string of the molecule is COc1cc(/N=N/c2c(SOOO)cc3cc(S(=O)(=O)O)cc(O)c3c2O)c(OC)cc1/N=N/c1ccc(/N=N/c2c(C(=O)O)cc(O)nc2O)cc1S(=O)(=O)O. The number of methoxy groups -OCH3 is 2. The quantitative estimate of drug-likeness (QED) is 0.0184. The second-order valence-corrected chi connectivity index (χ2v) is 14.3. The van der Waals surface area contributed by atoms with Gasteiger partial charge in [-0.05, 0) is 35.7 Å².